The number of aliphatic hydroxyl groups is 1. The minimum atomic E-state index is -3.66. The Bertz CT molecular complexity index is 1310. The van der Waals surface area contributed by atoms with Gasteiger partial charge in [-0.1, -0.05) is 38.1 Å². The standard InChI is InChI=1S/C28H36N4O4S/c1-3-12-31(13-4-2)28(34)23-16-22-9-8-21(18-26(22)30-27(29)19-23)20-6-5-7-25(17-20)37(35,36)32-14-10-24(33)11-15-32/h5-9,16-18,24,33H,3-4,10-15,19H2,1-2H3,(H2,29,30). The highest BCUT2D eigenvalue weighted by Crippen LogP contribution is 2.33. The number of nitrogens with two attached hydrogens (primary N) is 1. The van der Waals surface area contributed by atoms with Gasteiger partial charge in [-0.25, -0.2) is 13.4 Å². The molecule has 4 rings (SSSR count). The lowest BCUT2D eigenvalue weighted by molar-refractivity contribution is -0.127. The summed E-state index contributed by atoms with van der Waals surface area (Å²) in [7, 11) is -3.66. The smallest absolute Gasteiger partial charge is 0.250 e. The molecule has 1 fully saturated rings. The van der Waals surface area contributed by atoms with Crippen molar-refractivity contribution in [1.82, 2.24) is 9.21 Å². The highest BCUT2D eigenvalue weighted by Gasteiger charge is 2.29. The van der Waals surface area contributed by atoms with Crippen LogP contribution < -0.4 is 5.73 Å². The van der Waals surface area contributed by atoms with Crippen LogP contribution in [0.3, 0.4) is 0 Å². The van der Waals surface area contributed by atoms with E-state index >= 15 is 0 Å². The number of nitrogens with zero attached hydrogens (tertiary/aromatic N) is 3. The van der Waals surface area contributed by atoms with Crippen molar-refractivity contribution in [2.24, 2.45) is 10.7 Å². The quantitative estimate of drug-likeness (QED) is 0.543. The van der Waals surface area contributed by atoms with Gasteiger partial charge >= 0.3 is 0 Å². The first-order valence-electron chi connectivity index (χ1n) is 13.0. The van der Waals surface area contributed by atoms with E-state index in [1.165, 1.54) is 4.31 Å². The van der Waals surface area contributed by atoms with Crippen LogP contribution in [0.5, 0.6) is 0 Å². The van der Waals surface area contributed by atoms with Gasteiger partial charge in [0, 0.05) is 43.7 Å². The second-order valence-corrected chi connectivity index (χ2v) is 11.6. The van der Waals surface area contributed by atoms with Crippen LogP contribution in [0.4, 0.5) is 5.69 Å². The van der Waals surface area contributed by atoms with Crippen molar-refractivity contribution in [3.05, 3.63) is 53.6 Å². The maximum absolute atomic E-state index is 13.2. The van der Waals surface area contributed by atoms with Crippen molar-refractivity contribution >= 4 is 33.5 Å². The third kappa shape index (κ3) is 6.11. The Labute approximate surface area is 219 Å². The molecule has 198 valence electrons. The first kappa shape index (κ1) is 27.0. The molecule has 2 aromatic carbocycles. The molecule has 0 saturated carbocycles. The van der Waals surface area contributed by atoms with Crippen molar-refractivity contribution in [3.63, 3.8) is 0 Å². The second kappa shape index (κ2) is 11.6. The summed E-state index contributed by atoms with van der Waals surface area (Å²) in [6.07, 6.45) is 4.36. The van der Waals surface area contributed by atoms with Crippen LogP contribution in [0, 0.1) is 0 Å². The lowest BCUT2D eigenvalue weighted by atomic mass is 10.0. The summed E-state index contributed by atoms with van der Waals surface area (Å²) in [4.78, 5) is 19.9. The molecule has 2 heterocycles. The normalized spacial score (nSPS) is 16.9. The predicted molar refractivity (Wildman–Crippen MR) is 147 cm³/mol. The van der Waals surface area contributed by atoms with Gasteiger partial charge < -0.3 is 15.7 Å². The number of sulfonamides is 1. The molecule has 37 heavy (non-hydrogen) atoms. The molecule has 3 N–H and O–H groups in total. The zero-order valence-corrected chi connectivity index (χ0v) is 22.4. The van der Waals surface area contributed by atoms with Crippen LogP contribution in [0.2, 0.25) is 0 Å². The topological polar surface area (TPSA) is 116 Å². The Kier molecular flexibility index (Phi) is 8.46. The summed E-state index contributed by atoms with van der Waals surface area (Å²) in [5, 5.41) is 9.75. The first-order chi connectivity index (χ1) is 17.7. The number of rotatable bonds is 8. The van der Waals surface area contributed by atoms with Gasteiger partial charge in [-0.3, -0.25) is 4.79 Å². The predicted octanol–water partition coefficient (Wildman–Crippen LogP) is 3.92. The highest BCUT2D eigenvalue weighted by molar-refractivity contribution is 7.89. The fourth-order valence-corrected chi connectivity index (χ4v) is 6.35. The van der Waals surface area contributed by atoms with E-state index < -0.39 is 16.1 Å². The zero-order valence-electron chi connectivity index (χ0n) is 21.6. The van der Waals surface area contributed by atoms with Crippen LogP contribution in [-0.2, 0) is 14.8 Å². The van der Waals surface area contributed by atoms with E-state index in [4.69, 9.17) is 5.73 Å². The number of aliphatic hydroxyl groups excluding tert-OH is 1. The number of aliphatic imine (C=N–C) groups is 1. The lowest BCUT2D eigenvalue weighted by Crippen LogP contribution is -2.39. The average Bonchev–Trinajstić information content (AvgIpc) is 3.06. The number of benzene rings is 2. The summed E-state index contributed by atoms with van der Waals surface area (Å²) in [6, 6.07) is 12.6. The monoisotopic (exact) mass is 524 g/mol. The third-order valence-electron chi connectivity index (χ3n) is 6.77. The molecule has 0 aromatic heterocycles. The molecule has 0 bridgehead atoms. The fourth-order valence-electron chi connectivity index (χ4n) is 4.83. The van der Waals surface area contributed by atoms with Gasteiger partial charge in [0.2, 0.25) is 15.9 Å². The molecular formula is C28H36N4O4S. The van der Waals surface area contributed by atoms with Crippen LogP contribution >= 0.6 is 0 Å². The van der Waals surface area contributed by atoms with Crippen molar-refractivity contribution in [2.45, 2.75) is 57.0 Å². The molecule has 0 aliphatic carbocycles. The Morgan fingerprint density at radius 1 is 1.08 bits per heavy atom. The van der Waals surface area contributed by atoms with Gasteiger partial charge in [0.1, 0.15) is 5.84 Å². The van der Waals surface area contributed by atoms with Crippen molar-refractivity contribution < 1.29 is 18.3 Å². The van der Waals surface area contributed by atoms with E-state index in [1.807, 2.05) is 35.2 Å². The number of piperidine rings is 1. The minimum absolute atomic E-state index is 0.0121. The second-order valence-electron chi connectivity index (χ2n) is 9.68. The summed E-state index contributed by atoms with van der Waals surface area (Å²) in [6.45, 7) is 6.13. The molecule has 0 spiro atoms. The van der Waals surface area contributed by atoms with Gasteiger partial charge in [0.25, 0.3) is 0 Å². The highest BCUT2D eigenvalue weighted by atomic mass is 32.2. The van der Waals surface area contributed by atoms with Crippen LogP contribution in [0.1, 0.15) is 51.5 Å². The average molecular weight is 525 g/mol. The van der Waals surface area contributed by atoms with E-state index in [0.717, 1.165) is 29.5 Å². The van der Waals surface area contributed by atoms with Gasteiger partial charge in [-0.05, 0) is 61.1 Å². The van der Waals surface area contributed by atoms with E-state index in [0.29, 0.717) is 56.1 Å². The summed E-state index contributed by atoms with van der Waals surface area (Å²) in [5.74, 6) is 0.356. The largest absolute Gasteiger partial charge is 0.393 e. The van der Waals surface area contributed by atoms with E-state index in [9.17, 15) is 18.3 Å². The van der Waals surface area contributed by atoms with Crippen LogP contribution in [0.15, 0.2) is 57.9 Å². The molecule has 0 unspecified atom stereocenters. The summed E-state index contributed by atoms with van der Waals surface area (Å²) in [5.41, 5.74) is 9.85. The Balaban J connectivity index is 1.64. The zero-order chi connectivity index (χ0) is 26.6. The number of amides is 1. The summed E-state index contributed by atoms with van der Waals surface area (Å²) < 4.78 is 27.9. The third-order valence-corrected chi connectivity index (χ3v) is 8.67. The van der Waals surface area contributed by atoms with Gasteiger partial charge in [0.15, 0.2) is 0 Å². The number of carbonyl (C=O) groups is 1. The molecule has 1 amide bonds. The summed E-state index contributed by atoms with van der Waals surface area (Å²) >= 11 is 0. The van der Waals surface area contributed by atoms with Crippen LogP contribution in [-0.4, -0.2) is 66.8 Å². The number of hydrogen-bond donors (Lipinski definition) is 2. The van der Waals surface area contributed by atoms with Crippen LogP contribution in [0.25, 0.3) is 17.2 Å². The van der Waals surface area contributed by atoms with Gasteiger partial charge in [0.05, 0.1) is 16.7 Å². The van der Waals surface area contributed by atoms with E-state index in [2.05, 4.69) is 18.8 Å². The molecular weight excluding hydrogens is 488 g/mol. The molecule has 2 aromatic rings. The maximum atomic E-state index is 13.2. The first-order valence-corrected chi connectivity index (χ1v) is 14.4. The number of hydrogen-bond acceptors (Lipinski definition) is 6. The lowest BCUT2D eigenvalue weighted by Gasteiger charge is -2.28. The van der Waals surface area contributed by atoms with Crippen molar-refractivity contribution in [1.29, 1.82) is 0 Å². The van der Waals surface area contributed by atoms with Gasteiger partial charge in [-0.15, -0.1) is 0 Å². The van der Waals surface area contributed by atoms with E-state index in [-0.39, 0.29) is 17.2 Å². The Morgan fingerprint density at radius 3 is 2.43 bits per heavy atom. The number of carbonyl (C=O) groups excluding carboxylic acids is 1. The number of fused-ring (bicyclic) bond motifs is 1. The fraction of sp³-hybridized carbons (Fsp3) is 0.429. The SMILES string of the molecule is CCCN(CCC)C(=O)C1=Cc2ccc(-c3cccc(S(=O)(=O)N4CCC(O)CC4)c3)cc2N=C(N)C1. The van der Waals surface area contributed by atoms with E-state index in [1.54, 1.807) is 18.2 Å². The Morgan fingerprint density at radius 2 is 1.76 bits per heavy atom. The molecule has 0 radical (unpaired) electrons. The van der Waals surface area contributed by atoms with Crippen molar-refractivity contribution in [2.75, 3.05) is 26.2 Å². The molecule has 1 saturated heterocycles. The molecule has 9 heteroatoms. The molecule has 0 atom stereocenters. The molecule has 2 aliphatic heterocycles. The van der Waals surface area contributed by atoms with Crippen molar-refractivity contribution in [3.8, 4) is 11.1 Å². The molecule has 2 aliphatic rings. The Hall–Kier alpha value is -3.01. The van der Waals surface area contributed by atoms with Gasteiger partial charge in [-0.2, -0.15) is 4.31 Å². The number of amidine groups is 1. The molecule has 8 nitrogen and oxygen atoms in total. The minimum Gasteiger partial charge on any atom is -0.393 e. The maximum Gasteiger partial charge on any atom is 0.250 e.